The molecule has 1 amide bonds. The van der Waals surface area contributed by atoms with Gasteiger partial charge in [-0.3, -0.25) is 9.52 Å². The molecule has 4 rings (SSSR count). The van der Waals surface area contributed by atoms with E-state index >= 15 is 0 Å². The van der Waals surface area contributed by atoms with Gasteiger partial charge in [0.15, 0.2) is 0 Å². The lowest BCUT2D eigenvalue weighted by molar-refractivity contribution is -0.124. The predicted octanol–water partition coefficient (Wildman–Crippen LogP) is 3.38. The third-order valence-electron chi connectivity index (χ3n) is 6.03. The molecule has 0 spiro atoms. The second-order valence-electron chi connectivity index (χ2n) is 8.11. The first kappa shape index (κ1) is 20.9. The van der Waals surface area contributed by atoms with Crippen molar-refractivity contribution in [3.8, 4) is 0 Å². The lowest BCUT2D eigenvalue weighted by atomic mass is 9.94. The van der Waals surface area contributed by atoms with Gasteiger partial charge in [-0.1, -0.05) is 31.2 Å². The van der Waals surface area contributed by atoms with Gasteiger partial charge in [-0.15, -0.1) is 0 Å². The molecule has 2 aliphatic rings. The number of carbonyl (C=O) groups excluding carboxylic acids is 1. The average molecular weight is 429 g/mol. The molecule has 160 valence electrons. The van der Waals surface area contributed by atoms with Gasteiger partial charge in [0.1, 0.15) is 0 Å². The Hall–Kier alpha value is -2.38. The second kappa shape index (κ2) is 8.40. The van der Waals surface area contributed by atoms with E-state index in [4.69, 9.17) is 4.74 Å². The maximum absolute atomic E-state index is 12.8. The summed E-state index contributed by atoms with van der Waals surface area (Å²) >= 11 is 0. The average Bonchev–Trinajstić information content (AvgIpc) is 3.40. The fourth-order valence-electron chi connectivity index (χ4n) is 3.93. The Morgan fingerprint density at radius 2 is 1.80 bits per heavy atom. The summed E-state index contributed by atoms with van der Waals surface area (Å²) in [6.07, 6.45) is 4.62. The van der Waals surface area contributed by atoms with E-state index in [-0.39, 0.29) is 16.9 Å². The highest BCUT2D eigenvalue weighted by Crippen LogP contribution is 2.48. The van der Waals surface area contributed by atoms with Crippen molar-refractivity contribution in [1.29, 1.82) is 0 Å². The van der Waals surface area contributed by atoms with Crippen molar-refractivity contribution in [3.05, 3.63) is 59.7 Å². The van der Waals surface area contributed by atoms with Crippen molar-refractivity contribution in [2.24, 2.45) is 0 Å². The number of benzene rings is 2. The van der Waals surface area contributed by atoms with Crippen LogP contribution >= 0.6 is 0 Å². The van der Waals surface area contributed by atoms with Crippen LogP contribution in [-0.2, 0) is 31.4 Å². The summed E-state index contributed by atoms with van der Waals surface area (Å²) in [4.78, 5) is 13.0. The summed E-state index contributed by atoms with van der Waals surface area (Å²) in [5.41, 5.74) is 1.99. The van der Waals surface area contributed by atoms with Gasteiger partial charge in [0.05, 0.1) is 16.4 Å². The molecular formula is C23H28N2O4S. The smallest absolute Gasteiger partial charge is 0.261 e. The van der Waals surface area contributed by atoms with Gasteiger partial charge in [-0.25, -0.2) is 8.42 Å². The first-order valence-corrected chi connectivity index (χ1v) is 12.0. The summed E-state index contributed by atoms with van der Waals surface area (Å²) in [6, 6.07) is 14.0. The molecule has 2 aromatic carbocycles. The van der Waals surface area contributed by atoms with E-state index in [0.29, 0.717) is 12.2 Å². The maximum atomic E-state index is 12.8. The zero-order valence-corrected chi connectivity index (χ0v) is 18.0. The Labute approximate surface area is 178 Å². The van der Waals surface area contributed by atoms with E-state index in [1.54, 1.807) is 24.3 Å². The minimum Gasteiger partial charge on any atom is -0.376 e. The van der Waals surface area contributed by atoms with Crippen molar-refractivity contribution in [3.63, 3.8) is 0 Å². The van der Waals surface area contributed by atoms with E-state index < -0.39 is 15.4 Å². The van der Waals surface area contributed by atoms with Crippen LogP contribution in [0.1, 0.15) is 43.7 Å². The van der Waals surface area contributed by atoms with Crippen LogP contribution in [-0.4, -0.2) is 33.6 Å². The topological polar surface area (TPSA) is 84.5 Å². The molecule has 6 nitrogen and oxygen atoms in total. The van der Waals surface area contributed by atoms with E-state index in [1.807, 2.05) is 31.2 Å². The first-order valence-electron chi connectivity index (χ1n) is 10.6. The zero-order chi connectivity index (χ0) is 21.2. The monoisotopic (exact) mass is 428 g/mol. The number of hydrogen-bond donors (Lipinski definition) is 2. The number of hydrogen-bond acceptors (Lipinski definition) is 4. The Kier molecular flexibility index (Phi) is 5.84. The third-order valence-corrected chi connectivity index (χ3v) is 7.43. The van der Waals surface area contributed by atoms with Gasteiger partial charge in [-0.05, 0) is 67.5 Å². The molecule has 1 heterocycles. The van der Waals surface area contributed by atoms with Crippen LogP contribution in [0.3, 0.4) is 0 Å². The van der Waals surface area contributed by atoms with Gasteiger partial charge in [0, 0.05) is 18.8 Å². The van der Waals surface area contributed by atoms with E-state index in [2.05, 4.69) is 10.0 Å². The lowest BCUT2D eigenvalue weighted by Gasteiger charge is -2.18. The van der Waals surface area contributed by atoms with Crippen molar-refractivity contribution in [2.45, 2.75) is 55.4 Å². The number of amides is 1. The van der Waals surface area contributed by atoms with Crippen LogP contribution in [0.15, 0.2) is 53.4 Å². The Balaban J connectivity index is 1.41. The van der Waals surface area contributed by atoms with Gasteiger partial charge in [0.2, 0.25) is 5.91 Å². The summed E-state index contributed by atoms with van der Waals surface area (Å²) < 4.78 is 33.4. The molecule has 2 N–H and O–H groups in total. The fraction of sp³-hybridized carbons (Fsp3) is 0.435. The number of ether oxygens (including phenoxy) is 1. The van der Waals surface area contributed by atoms with Crippen LogP contribution < -0.4 is 10.0 Å². The van der Waals surface area contributed by atoms with Gasteiger partial charge < -0.3 is 10.1 Å². The number of aryl methyl sites for hydroxylation is 1. The van der Waals surface area contributed by atoms with E-state index in [0.717, 1.165) is 49.8 Å². The molecule has 0 bridgehead atoms. The highest BCUT2D eigenvalue weighted by Gasteiger charge is 2.51. The Bertz CT molecular complexity index is 991. The second-order valence-corrected chi connectivity index (χ2v) is 9.79. The van der Waals surface area contributed by atoms with Gasteiger partial charge >= 0.3 is 0 Å². The van der Waals surface area contributed by atoms with E-state index in [1.165, 1.54) is 0 Å². The van der Waals surface area contributed by atoms with Crippen molar-refractivity contribution in [1.82, 2.24) is 5.32 Å². The molecule has 1 saturated carbocycles. The molecule has 7 heteroatoms. The summed E-state index contributed by atoms with van der Waals surface area (Å²) in [5, 5.41) is 3.03. The number of anilines is 1. The third kappa shape index (κ3) is 4.37. The lowest BCUT2D eigenvalue weighted by Crippen LogP contribution is -2.39. The Morgan fingerprint density at radius 1 is 1.10 bits per heavy atom. The highest BCUT2D eigenvalue weighted by atomic mass is 32.2. The predicted molar refractivity (Wildman–Crippen MR) is 116 cm³/mol. The first-order chi connectivity index (χ1) is 14.4. The van der Waals surface area contributed by atoms with Crippen molar-refractivity contribution < 1.29 is 17.9 Å². The SMILES string of the molecule is CCc1ccc(S(=O)(=O)Nc2ccc(C3(C(=O)NC[C@H]4CCCO4)CC3)cc2)cc1. The molecule has 1 aliphatic heterocycles. The molecule has 0 unspecified atom stereocenters. The number of sulfonamides is 1. The molecule has 1 aliphatic carbocycles. The molecule has 2 aromatic rings. The van der Waals surface area contributed by atoms with Crippen LogP contribution in [0, 0.1) is 0 Å². The van der Waals surface area contributed by atoms with Crippen LogP contribution in [0.2, 0.25) is 0 Å². The fourth-order valence-corrected chi connectivity index (χ4v) is 4.99. The minimum absolute atomic E-state index is 0.0299. The standard InChI is InChI=1S/C23H28N2O4S/c1-2-17-5-11-21(12-6-17)30(27,28)25-19-9-7-18(8-10-19)23(13-14-23)22(26)24-16-20-4-3-15-29-20/h5-12,20,25H,2-4,13-16H2,1H3,(H,24,26)/t20-/m1/s1. The molecule has 1 atom stereocenters. The van der Waals surface area contributed by atoms with Crippen LogP contribution in [0.4, 0.5) is 5.69 Å². The molecule has 2 fully saturated rings. The normalized spacial score (nSPS) is 20.0. The van der Waals surface area contributed by atoms with Crippen molar-refractivity contribution >= 4 is 21.6 Å². The molecule has 0 aromatic heterocycles. The summed E-state index contributed by atoms with van der Waals surface area (Å²) in [7, 11) is -3.65. The molecular weight excluding hydrogens is 400 g/mol. The largest absolute Gasteiger partial charge is 0.376 e. The molecule has 1 saturated heterocycles. The Morgan fingerprint density at radius 3 is 2.37 bits per heavy atom. The van der Waals surface area contributed by atoms with Crippen molar-refractivity contribution in [2.75, 3.05) is 17.9 Å². The van der Waals surface area contributed by atoms with Crippen LogP contribution in [0.5, 0.6) is 0 Å². The quantitative estimate of drug-likeness (QED) is 0.675. The molecule has 0 radical (unpaired) electrons. The van der Waals surface area contributed by atoms with Gasteiger partial charge in [-0.2, -0.15) is 0 Å². The summed E-state index contributed by atoms with van der Waals surface area (Å²) in [5.74, 6) is 0.0299. The zero-order valence-electron chi connectivity index (χ0n) is 17.2. The number of nitrogens with one attached hydrogen (secondary N) is 2. The minimum atomic E-state index is -3.65. The maximum Gasteiger partial charge on any atom is 0.261 e. The highest BCUT2D eigenvalue weighted by molar-refractivity contribution is 7.92. The molecule has 30 heavy (non-hydrogen) atoms. The van der Waals surface area contributed by atoms with Gasteiger partial charge in [0.25, 0.3) is 10.0 Å². The van der Waals surface area contributed by atoms with Crippen LogP contribution in [0.25, 0.3) is 0 Å². The van der Waals surface area contributed by atoms with E-state index in [9.17, 15) is 13.2 Å². The number of rotatable bonds is 8. The summed E-state index contributed by atoms with van der Waals surface area (Å²) in [6.45, 7) is 3.35. The number of carbonyl (C=O) groups is 1.